The van der Waals surface area contributed by atoms with Crippen LogP contribution in [0.25, 0.3) is 0 Å². The van der Waals surface area contributed by atoms with Gasteiger partial charge in [-0.05, 0) is 77.8 Å². The van der Waals surface area contributed by atoms with Crippen LogP contribution < -0.4 is 9.80 Å². The van der Waals surface area contributed by atoms with Crippen molar-refractivity contribution in [2.75, 3.05) is 22.9 Å². The molecule has 1 aromatic carbocycles. The van der Waals surface area contributed by atoms with Gasteiger partial charge in [-0.25, -0.2) is 4.98 Å². The third-order valence-electron chi connectivity index (χ3n) is 6.68. The van der Waals surface area contributed by atoms with E-state index in [4.69, 9.17) is 9.97 Å². The summed E-state index contributed by atoms with van der Waals surface area (Å²) in [4.78, 5) is 15.3. The maximum absolute atomic E-state index is 5.29. The fourth-order valence-corrected chi connectivity index (χ4v) is 5.38. The Morgan fingerprint density at radius 1 is 0.935 bits per heavy atom. The second-order valence-electron chi connectivity index (χ2n) is 9.28. The smallest absolute Gasteiger partial charge is 0.232 e. The molecule has 1 aromatic heterocycles. The average molecular weight is 423 g/mol. The van der Waals surface area contributed by atoms with Crippen molar-refractivity contribution >= 4 is 17.5 Å². The number of rotatable bonds is 8. The predicted octanol–water partition coefficient (Wildman–Crippen LogP) is 6.98. The summed E-state index contributed by atoms with van der Waals surface area (Å²) < 4.78 is 0. The minimum Gasteiger partial charge on any atom is -0.353 e. The topological polar surface area (TPSA) is 32.3 Å². The monoisotopic (exact) mass is 422 g/mol. The van der Waals surface area contributed by atoms with Gasteiger partial charge in [0.05, 0.1) is 0 Å². The molecule has 0 amide bonds. The van der Waals surface area contributed by atoms with Gasteiger partial charge in [-0.1, -0.05) is 44.4 Å². The van der Waals surface area contributed by atoms with Gasteiger partial charge in [0.2, 0.25) is 5.95 Å². The van der Waals surface area contributed by atoms with Crippen molar-refractivity contribution in [3.8, 4) is 0 Å². The van der Waals surface area contributed by atoms with E-state index in [0.717, 1.165) is 31.2 Å². The standard InChI is InChI=1S/C27H42N4/c1-8-13-23(14-9-2)31-16-12-11-15-24-22(7)28-27(29-26(24)31)30(10-3)25-20(5)17-19(4)18-21(25)6/h17-18,23H,8-16H2,1-7H3. The minimum atomic E-state index is 0.576. The highest BCUT2D eigenvalue weighted by molar-refractivity contribution is 5.68. The van der Waals surface area contributed by atoms with Gasteiger partial charge in [0.15, 0.2) is 0 Å². The summed E-state index contributed by atoms with van der Waals surface area (Å²) in [6.45, 7) is 17.6. The number of nitrogens with zero attached hydrogens (tertiary/aromatic N) is 4. The van der Waals surface area contributed by atoms with E-state index in [9.17, 15) is 0 Å². The van der Waals surface area contributed by atoms with Crippen LogP contribution in [0.3, 0.4) is 0 Å². The highest BCUT2D eigenvalue weighted by Crippen LogP contribution is 2.35. The Labute approximate surface area is 190 Å². The third-order valence-corrected chi connectivity index (χ3v) is 6.68. The summed E-state index contributed by atoms with van der Waals surface area (Å²) in [6, 6.07) is 5.12. The molecule has 31 heavy (non-hydrogen) atoms. The fraction of sp³-hybridized carbons (Fsp3) is 0.630. The molecule has 4 nitrogen and oxygen atoms in total. The number of aryl methyl sites for hydroxylation is 4. The first-order chi connectivity index (χ1) is 14.9. The first-order valence-corrected chi connectivity index (χ1v) is 12.4. The molecule has 0 spiro atoms. The van der Waals surface area contributed by atoms with E-state index < -0.39 is 0 Å². The van der Waals surface area contributed by atoms with Crippen molar-refractivity contribution in [1.82, 2.24) is 9.97 Å². The summed E-state index contributed by atoms with van der Waals surface area (Å²) in [7, 11) is 0. The summed E-state index contributed by atoms with van der Waals surface area (Å²) in [6.07, 6.45) is 8.47. The molecule has 0 radical (unpaired) electrons. The summed E-state index contributed by atoms with van der Waals surface area (Å²) in [5, 5.41) is 0. The van der Waals surface area contributed by atoms with Gasteiger partial charge in [0.1, 0.15) is 5.82 Å². The molecule has 0 saturated carbocycles. The lowest BCUT2D eigenvalue weighted by Crippen LogP contribution is -2.37. The molecule has 170 valence electrons. The first kappa shape index (κ1) is 23.6. The van der Waals surface area contributed by atoms with Gasteiger partial charge >= 0.3 is 0 Å². The summed E-state index contributed by atoms with van der Waals surface area (Å²) >= 11 is 0. The van der Waals surface area contributed by atoms with Crippen molar-refractivity contribution in [3.63, 3.8) is 0 Å². The number of hydrogen-bond acceptors (Lipinski definition) is 4. The Kier molecular flexibility index (Phi) is 7.96. The van der Waals surface area contributed by atoms with Crippen LogP contribution in [0.15, 0.2) is 12.1 Å². The lowest BCUT2D eigenvalue weighted by Gasteiger charge is -2.34. The highest BCUT2D eigenvalue weighted by atomic mass is 15.3. The van der Waals surface area contributed by atoms with Crippen LogP contribution in [-0.4, -0.2) is 29.1 Å². The molecule has 0 saturated heterocycles. The molecular weight excluding hydrogens is 380 g/mol. The Hall–Kier alpha value is -2.10. The zero-order valence-electron chi connectivity index (χ0n) is 20.9. The lowest BCUT2D eigenvalue weighted by atomic mass is 10.0. The molecule has 3 rings (SSSR count). The summed E-state index contributed by atoms with van der Waals surface area (Å²) in [5.74, 6) is 2.06. The van der Waals surface area contributed by atoms with E-state index >= 15 is 0 Å². The van der Waals surface area contributed by atoms with E-state index in [2.05, 4.69) is 70.4 Å². The first-order valence-electron chi connectivity index (χ1n) is 12.4. The normalized spacial score (nSPS) is 14.0. The molecule has 2 aromatic rings. The third kappa shape index (κ3) is 5.05. The Bertz CT molecular complexity index is 860. The second kappa shape index (κ2) is 10.5. The van der Waals surface area contributed by atoms with Crippen LogP contribution in [0, 0.1) is 27.7 Å². The number of aromatic nitrogens is 2. The van der Waals surface area contributed by atoms with Crippen molar-refractivity contribution < 1.29 is 0 Å². The van der Waals surface area contributed by atoms with Gasteiger partial charge in [0, 0.05) is 36.1 Å². The van der Waals surface area contributed by atoms with Crippen molar-refractivity contribution in [1.29, 1.82) is 0 Å². The minimum absolute atomic E-state index is 0.576. The quantitative estimate of drug-likeness (QED) is 0.459. The number of hydrogen-bond donors (Lipinski definition) is 0. The van der Waals surface area contributed by atoms with Gasteiger partial charge in [-0.15, -0.1) is 0 Å². The van der Waals surface area contributed by atoms with Crippen LogP contribution in [0.4, 0.5) is 17.5 Å². The zero-order valence-corrected chi connectivity index (χ0v) is 20.9. The molecule has 0 unspecified atom stereocenters. The Balaban J connectivity index is 2.12. The molecule has 1 aliphatic heterocycles. The van der Waals surface area contributed by atoms with E-state index in [1.54, 1.807) is 0 Å². The molecule has 0 fully saturated rings. The van der Waals surface area contributed by atoms with Gasteiger partial charge in [0.25, 0.3) is 0 Å². The highest BCUT2D eigenvalue weighted by Gasteiger charge is 2.27. The molecule has 0 atom stereocenters. The van der Waals surface area contributed by atoms with Gasteiger partial charge < -0.3 is 9.80 Å². The van der Waals surface area contributed by atoms with Crippen molar-refractivity contribution in [3.05, 3.63) is 40.1 Å². The predicted molar refractivity (Wildman–Crippen MR) is 134 cm³/mol. The van der Waals surface area contributed by atoms with Crippen LogP contribution in [0.2, 0.25) is 0 Å². The molecule has 4 heteroatoms. The number of benzene rings is 1. The molecule has 2 heterocycles. The molecule has 0 N–H and O–H groups in total. The van der Waals surface area contributed by atoms with Gasteiger partial charge in [-0.3, -0.25) is 0 Å². The molecule has 0 aliphatic carbocycles. The number of fused-ring (bicyclic) bond motifs is 1. The van der Waals surface area contributed by atoms with E-state index in [1.807, 2.05) is 0 Å². The van der Waals surface area contributed by atoms with Crippen molar-refractivity contribution in [2.45, 2.75) is 99.5 Å². The van der Waals surface area contributed by atoms with Crippen molar-refractivity contribution in [2.24, 2.45) is 0 Å². The second-order valence-corrected chi connectivity index (χ2v) is 9.28. The lowest BCUT2D eigenvalue weighted by molar-refractivity contribution is 0.496. The maximum atomic E-state index is 5.29. The van der Waals surface area contributed by atoms with Crippen LogP contribution in [0.5, 0.6) is 0 Å². The van der Waals surface area contributed by atoms with Gasteiger partial charge in [-0.2, -0.15) is 4.98 Å². The zero-order chi connectivity index (χ0) is 22.5. The Morgan fingerprint density at radius 2 is 1.58 bits per heavy atom. The van der Waals surface area contributed by atoms with E-state index in [0.29, 0.717) is 6.04 Å². The largest absolute Gasteiger partial charge is 0.353 e. The van der Waals surface area contributed by atoms with Crippen LogP contribution in [0.1, 0.15) is 87.2 Å². The van der Waals surface area contributed by atoms with Crippen LogP contribution in [-0.2, 0) is 6.42 Å². The fourth-order valence-electron chi connectivity index (χ4n) is 5.38. The summed E-state index contributed by atoms with van der Waals surface area (Å²) in [5.41, 5.74) is 7.67. The van der Waals surface area contributed by atoms with E-state index in [1.165, 1.54) is 72.3 Å². The van der Waals surface area contributed by atoms with E-state index in [-0.39, 0.29) is 0 Å². The SMILES string of the molecule is CCCC(CCC)N1CCCCc2c(C)nc(N(CC)c3c(C)cc(C)cc3C)nc21. The maximum Gasteiger partial charge on any atom is 0.232 e. The van der Waals surface area contributed by atoms with Crippen LogP contribution >= 0.6 is 0 Å². The number of anilines is 3. The Morgan fingerprint density at radius 3 is 2.16 bits per heavy atom. The molecular formula is C27H42N4. The molecule has 1 aliphatic rings. The molecule has 0 bridgehead atoms. The average Bonchev–Trinajstić information content (AvgIpc) is 2.93.